The first-order valence-corrected chi connectivity index (χ1v) is 6.08. The molecule has 4 nitrogen and oxygen atoms in total. The van der Waals surface area contributed by atoms with Crippen LogP contribution in [0.2, 0.25) is 0 Å². The van der Waals surface area contributed by atoms with Crippen molar-refractivity contribution in [1.29, 1.82) is 0 Å². The summed E-state index contributed by atoms with van der Waals surface area (Å²) in [4.78, 5) is 4.36. The lowest BCUT2D eigenvalue weighted by Crippen LogP contribution is -2.26. The third-order valence-electron chi connectivity index (χ3n) is 4.12. The van der Waals surface area contributed by atoms with Gasteiger partial charge < -0.3 is 9.77 Å². The number of hydrogen-bond donors (Lipinski definition) is 1. The molecule has 0 spiro atoms. The molecular formula is C12H17N3O. The molecule has 2 aliphatic carbocycles. The summed E-state index contributed by atoms with van der Waals surface area (Å²) >= 11 is 0. The van der Waals surface area contributed by atoms with E-state index >= 15 is 0 Å². The van der Waals surface area contributed by atoms with Gasteiger partial charge in [0.1, 0.15) is 5.82 Å². The maximum Gasteiger partial charge on any atom is 0.108 e. The van der Waals surface area contributed by atoms with E-state index in [1.165, 1.54) is 19.3 Å². The quantitative estimate of drug-likeness (QED) is 0.612. The van der Waals surface area contributed by atoms with Crippen molar-refractivity contribution >= 4 is 5.71 Å². The predicted molar refractivity (Wildman–Crippen MR) is 60.7 cm³/mol. The highest BCUT2D eigenvalue weighted by Gasteiger charge is 2.46. The Morgan fingerprint density at radius 3 is 3.19 bits per heavy atom. The maximum atomic E-state index is 9.18. The number of aryl methyl sites for hydroxylation is 1. The van der Waals surface area contributed by atoms with Gasteiger partial charge in [-0.2, -0.15) is 0 Å². The molecule has 0 unspecified atom stereocenters. The van der Waals surface area contributed by atoms with Crippen LogP contribution in [0.25, 0.3) is 0 Å². The second-order valence-corrected chi connectivity index (χ2v) is 4.84. The van der Waals surface area contributed by atoms with Crippen LogP contribution in [0.15, 0.2) is 17.5 Å². The van der Waals surface area contributed by atoms with Gasteiger partial charge in [0, 0.05) is 24.7 Å². The van der Waals surface area contributed by atoms with Crippen molar-refractivity contribution in [3.05, 3.63) is 18.2 Å². The first kappa shape index (κ1) is 9.87. The second-order valence-electron chi connectivity index (χ2n) is 4.84. The molecule has 1 heterocycles. The normalized spacial score (nSPS) is 35.1. The molecule has 2 saturated carbocycles. The van der Waals surface area contributed by atoms with E-state index in [0.717, 1.165) is 18.0 Å². The van der Waals surface area contributed by atoms with Gasteiger partial charge in [0.25, 0.3) is 0 Å². The minimum absolute atomic E-state index is 0.265. The van der Waals surface area contributed by atoms with Crippen LogP contribution in [0.4, 0.5) is 0 Å². The van der Waals surface area contributed by atoms with E-state index in [9.17, 15) is 5.21 Å². The number of imidazole rings is 1. The maximum absolute atomic E-state index is 9.18. The second kappa shape index (κ2) is 3.61. The van der Waals surface area contributed by atoms with Crippen LogP contribution < -0.4 is 0 Å². The lowest BCUT2D eigenvalue weighted by molar-refractivity contribution is 0.306. The lowest BCUT2D eigenvalue weighted by atomic mass is 9.93. The Balaban J connectivity index is 2.00. The van der Waals surface area contributed by atoms with Crippen LogP contribution in [0, 0.1) is 11.8 Å². The SMILES string of the molecule is CCc1nccn1[C@H]1/C(=N\O)[C@H]2CC[C@@H]1C2. The Morgan fingerprint density at radius 2 is 2.44 bits per heavy atom. The Kier molecular flexibility index (Phi) is 2.23. The molecule has 2 bridgehead atoms. The molecular weight excluding hydrogens is 202 g/mol. The Labute approximate surface area is 95.0 Å². The standard InChI is InChI=1S/C12H17N3O/c1-2-10-13-5-6-15(10)12-9-4-3-8(7-9)11(12)14-16/h5-6,8-9,12,16H,2-4,7H2,1H3/b14-11-/t8-,9+,12+/m0/s1. The van der Waals surface area contributed by atoms with Crippen molar-refractivity contribution in [1.82, 2.24) is 9.55 Å². The zero-order valence-electron chi connectivity index (χ0n) is 9.50. The molecule has 16 heavy (non-hydrogen) atoms. The Hall–Kier alpha value is -1.32. The molecule has 4 heteroatoms. The molecule has 0 amide bonds. The van der Waals surface area contributed by atoms with Gasteiger partial charge in [0.05, 0.1) is 11.8 Å². The van der Waals surface area contributed by atoms with Crippen molar-refractivity contribution in [2.45, 2.75) is 38.6 Å². The third kappa shape index (κ3) is 1.22. The molecule has 3 atom stereocenters. The van der Waals surface area contributed by atoms with Crippen molar-refractivity contribution in [3.8, 4) is 0 Å². The van der Waals surface area contributed by atoms with Crippen molar-refractivity contribution in [2.75, 3.05) is 0 Å². The minimum Gasteiger partial charge on any atom is -0.411 e. The van der Waals surface area contributed by atoms with Crippen LogP contribution in [0.1, 0.15) is 38.1 Å². The first-order valence-electron chi connectivity index (χ1n) is 6.08. The number of fused-ring (bicyclic) bond motifs is 2. The molecule has 3 rings (SSSR count). The summed E-state index contributed by atoms with van der Waals surface area (Å²) in [6, 6.07) is 0.265. The fourth-order valence-corrected chi connectivity index (χ4v) is 3.44. The van der Waals surface area contributed by atoms with Crippen LogP contribution >= 0.6 is 0 Å². The fraction of sp³-hybridized carbons (Fsp3) is 0.667. The molecule has 0 aromatic carbocycles. The molecule has 0 saturated heterocycles. The zero-order chi connectivity index (χ0) is 11.1. The summed E-state index contributed by atoms with van der Waals surface area (Å²) in [5, 5.41) is 12.7. The van der Waals surface area contributed by atoms with Crippen molar-refractivity contribution in [2.24, 2.45) is 17.0 Å². The monoisotopic (exact) mass is 219 g/mol. The molecule has 1 aromatic rings. The smallest absolute Gasteiger partial charge is 0.108 e. The number of oxime groups is 1. The summed E-state index contributed by atoms with van der Waals surface area (Å²) in [6.45, 7) is 2.11. The van der Waals surface area contributed by atoms with Gasteiger partial charge in [-0.3, -0.25) is 0 Å². The number of nitrogens with zero attached hydrogens (tertiary/aromatic N) is 3. The highest BCUT2D eigenvalue weighted by atomic mass is 16.4. The van der Waals surface area contributed by atoms with E-state index < -0.39 is 0 Å². The highest BCUT2D eigenvalue weighted by Crippen LogP contribution is 2.49. The van der Waals surface area contributed by atoms with Gasteiger partial charge in [-0.05, 0) is 25.2 Å². The van der Waals surface area contributed by atoms with Gasteiger partial charge in [0.15, 0.2) is 0 Å². The molecule has 86 valence electrons. The van der Waals surface area contributed by atoms with E-state index in [-0.39, 0.29) is 6.04 Å². The van der Waals surface area contributed by atoms with Gasteiger partial charge in [-0.15, -0.1) is 0 Å². The average molecular weight is 219 g/mol. The van der Waals surface area contributed by atoms with Gasteiger partial charge in [-0.25, -0.2) is 4.98 Å². The number of hydrogen-bond acceptors (Lipinski definition) is 3. The van der Waals surface area contributed by atoms with Crippen LogP contribution in [-0.4, -0.2) is 20.5 Å². The lowest BCUT2D eigenvalue weighted by Gasteiger charge is -2.25. The number of aromatic nitrogens is 2. The average Bonchev–Trinajstić information content (AvgIpc) is 3.01. The number of rotatable bonds is 2. The molecule has 1 aromatic heterocycles. The summed E-state index contributed by atoms with van der Waals surface area (Å²) in [5.41, 5.74) is 0.976. The third-order valence-corrected chi connectivity index (χ3v) is 4.12. The topological polar surface area (TPSA) is 50.4 Å². The van der Waals surface area contributed by atoms with E-state index in [2.05, 4.69) is 21.6 Å². The van der Waals surface area contributed by atoms with Gasteiger partial charge in [-0.1, -0.05) is 12.1 Å². The fourth-order valence-electron chi connectivity index (χ4n) is 3.44. The van der Waals surface area contributed by atoms with Gasteiger partial charge >= 0.3 is 0 Å². The van der Waals surface area contributed by atoms with Gasteiger partial charge in [0.2, 0.25) is 0 Å². The van der Waals surface area contributed by atoms with E-state index in [0.29, 0.717) is 11.8 Å². The van der Waals surface area contributed by atoms with E-state index in [1.807, 2.05) is 12.4 Å². The van der Waals surface area contributed by atoms with Crippen molar-refractivity contribution in [3.63, 3.8) is 0 Å². The summed E-state index contributed by atoms with van der Waals surface area (Å²) < 4.78 is 2.21. The Bertz CT molecular complexity index is 424. The predicted octanol–water partition coefficient (Wildman–Crippen LogP) is 2.25. The van der Waals surface area contributed by atoms with E-state index in [1.54, 1.807) is 0 Å². The minimum atomic E-state index is 0.265. The highest BCUT2D eigenvalue weighted by molar-refractivity contribution is 5.93. The summed E-state index contributed by atoms with van der Waals surface area (Å²) in [5.74, 6) is 2.25. The Morgan fingerprint density at radius 1 is 1.56 bits per heavy atom. The largest absolute Gasteiger partial charge is 0.411 e. The molecule has 0 aliphatic heterocycles. The van der Waals surface area contributed by atoms with Crippen LogP contribution in [0.5, 0.6) is 0 Å². The molecule has 0 radical (unpaired) electrons. The summed E-state index contributed by atoms with van der Waals surface area (Å²) in [7, 11) is 0. The molecule has 1 N–H and O–H groups in total. The summed E-state index contributed by atoms with van der Waals surface area (Å²) in [6.07, 6.45) is 8.44. The van der Waals surface area contributed by atoms with Crippen molar-refractivity contribution < 1.29 is 5.21 Å². The molecule has 2 fully saturated rings. The van der Waals surface area contributed by atoms with Crippen LogP contribution in [0.3, 0.4) is 0 Å². The van der Waals surface area contributed by atoms with E-state index in [4.69, 9.17) is 0 Å². The molecule has 2 aliphatic rings. The first-order chi connectivity index (χ1) is 7.85. The van der Waals surface area contributed by atoms with Crippen LogP contribution in [-0.2, 0) is 6.42 Å². The zero-order valence-corrected chi connectivity index (χ0v) is 9.50.